The maximum absolute atomic E-state index is 13.1. The van der Waals surface area contributed by atoms with Gasteiger partial charge >= 0.3 is 5.97 Å². The van der Waals surface area contributed by atoms with Gasteiger partial charge in [0.2, 0.25) is 0 Å². The zero-order valence-electron chi connectivity index (χ0n) is 14.9. The van der Waals surface area contributed by atoms with Crippen LogP contribution in [0, 0.1) is 6.92 Å². The lowest BCUT2D eigenvalue weighted by Crippen LogP contribution is -2.32. The summed E-state index contributed by atoms with van der Waals surface area (Å²) >= 11 is 0. The largest absolute Gasteiger partial charge is 0.494 e. The highest BCUT2D eigenvalue weighted by atomic mass is 32.2. The Labute approximate surface area is 154 Å². The maximum Gasteiger partial charge on any atom is 0.303 e. The SMILES string of the molecule is CCOc1ccc(N(CCCC(=O)O)S(=O)(=O)c2ccc(C)cc2)cc1. The number of carboxylic acid groups (broad SMARTS) is 1. The average molecular weight is 377 g/mol. The molecular weight excluding hydrogens is 354 g/mol. The van der Waals surface area contributed by atoms with E-state index in [1.165, 1.54) is 4.31 Å². The molecule has 0 saturated carbocycles. The lowest BCUT2D eigenvalue weighted by Gasteiger charge is -2.24. The van der Waals surface area contributed by atoms with E-state index >= 15 is 0 Å². The Kier molecular flexibility index (Phi) is 6.63. The zero-order valence-corrected chi connectivity index (χ0v) is 15.7. The molecule has 0 aliphatic heterocycles. The molecule has 26 heavy (non-hydrogen) atoms. The van der Waals surface area contributed by atoms with Gasteiger partial charge in [0.15, 0.2) is 0 Å². The van der Waals surface area contributed by atoms with Gasteiger partial charge in [-0.15, -0.1) is 0 Å². The van der Waals surface area contributed by atoms with Crippen LogP contribution in [0.1, 0.15) is 25.3 Å². The molecular formula is C19H23NO5S. The van der Waals surface area contributed by atoms with Crippen LogP contribution in [0.4, 0.5) is 5.69 Å². The predicted octanol–water partition coefficient (Wildman–Crippen LogP) is 3.45. The molecule has 0 aliphatic carbocycles. The van der Waals surface area contributed by atoms with E-state index in [-0.39, 0.29) is 24.3 Å². The van der Waals surface area contributed by atoms with Crippen LogP contribution in [0.3, 0.4) is 0 Å². The molecule has 7 heteroatoms. The number of benzene rings is 2. The second kappa shape index (κ2) is 8.71. The van der Waals surface area contributed by atoms with Gasteiger partial charge in [-0.1, -0.05) is 17.7 Å². The number of carbonyl (C=O) groups is 1. The maximum atomic E-state index is 13.1. The van der Waals surface area contributed by atoms with Gasteiger partial charge in [-0.25, -0.2) is 8.42 Å². The Hall–Kier alpha value is -2.54. The van der Waals surface area contributed by atoms with E-state index in [0.717, 1.165) is 5.56 Å². The molecule has 0 aromatic heterocycles. The van der Waals surface area contributed by atoms with Crippen molar-refractivity contribution in [3.05, 3.63) is 54.1 Å². The molecule has 0 saturated heterocycles. The molecule has 0 heterocycles. The minimum absolute atomic E-state index is 0.0799. The fourth-order valence-corrected chi connectivity index (χ4v) is 3.98. The highest BCUT2D eigenvalue weighted by molar-refractivity contribution is 7.92. The number of hydrogen-bond donors (Lipinski definition) is 1. The lowest BCUT2D eigenvalue weighted by molar-refractivity contribution is -0.137. The van der Waals surface area contributed by atoms with Gasteiger partial charge < -0.3 is 9.84 Å². The lowest BCUT2D eigenvalue weighted by atomic mass is 10.2. The number of nitrogens with zero attached hydrogens (tertiary/aromatic N) is 1. The summed E-state index contributed by atoms with van der Waals surface area (Å²) in [5, 5.41) is 8.86. The number of aliphatic carboxylic acids is 1. The summed E-state index contributed by atoms with van der Waals surface area (Å²) in [6.45, 7) is 4.35. The van der Waals surface area contributed by atoms with Crippen molar-refractivity contribution in [3.63, 3.8) is 0 Å². The summed E-state index contributed by atoms with van der Waals surface area (Å²) in [4.78, 5) is 11.0. The Morgan fingerprint density at radius 3 is 2.23 bits per heavy atom. The average Bonchev–Trinajstić information content (AvgIpc) is 2.60. The van der Waals surface area contributed by atoms with Crippen molar-refractivity contribution >= 4 is 21.7 Å². The summed E-state index contributed by atoms with van der Waals surface area (Å²) in [6, 6.07) is 13.3. The Bertz CT molecular complexity index is 829. The van der Waals surface area contributed by atoms with Crippen molar-refractivity contribution in [2.24, 2.45) is 0 Å². The van der Waals surface area contributed by atoms with E-state index in [0.29, 0.717) is 18.0 Å². The van der Waals surface area contributed by atoms with Gasteiger partial charge in [-0.05, 0) is 56.7 Å². The van der Waals surface area contributed by atoms with Gasteiger partial charge in [0.25, 0.3) is 10.0 Å². The van der Waals surface area contributed by atoms with Crippen molar-refractivity contribution in [1.29, 1.82) is 0 Å². The van der Waals surface area contributed by atoms with E-state index in [9.17, 15) is 13.2 Å². The number of carboxylic acids is 1. The smallest absolute Gasteiger partial charge is 0.303 e. The van der Waals surface area contributed by atoms with Crippen LogP contribution in [-0.2, 0) is 14.8 Å². The van der Waals surface area contributed by atoms with Crippen LogP contribution in [0.25, 0.3) is 0 Å². The van der Waals surface area contributed by atoms with Gasteiger partial charge in [-0.2, -0.15) is 0 Å². The van der Waals surface area contributed by atoms with Crippen molar-refractivity contribution in [1.82, 2.24) is 0 Å². The minimum atomic E-state index is -3.79. The second-order valence-corrected chi connectivity index (χ2v) is 7.68. The molecule has 0 bridgehead atoms. The van der Waals surface area contributed by atoms with Gasteiger partial charge in [0.05, 0.1) is 17.2 Å². The van der Waals surface area contributed by atoms with E-state index < -0.39 is 16.0 Å². The third kappa shape index (κ3) is 4.98. The number of rotatable bonds is 9. The molecule has 0 spiro atoms. The second-order valence-electron chi connectivity index (χ2n) is 5.81. The minimum Gasteiger partial charge on any atom is -0.494 e. The molecule has 0 aliphatic rings. The van der Waals surface area contributed by atoms with Crippen LogP contribution in [0.5, 0.6) is 5.75 Å². The Balaban J connectivity index is 2.35. The van der Waals surface area contributed by atoms with Crippen molar-refractivity contribution in [3.8, 4) is 5.75 Å². The van der Waals surface area contributed by atoms with Crippen LogP contribution in [-0.4, -0.2) is 32.6 Å². The topological polar surface area (TPSA) is 83.9 Å². The first-order valence-corrected chi connectivity index (χ1v) is 9.82. The molecule has 2 aromatic rings. The van der Waals surface area contributed by atoms with Crippen molar-refractivity contribution in [2.75, 3.05) is 17.5 Å². The first-order chi connectivity index (χ1) is 12.3. The third-order valence-corrected chi connectivity index (χ3v) is 5.64. The Morgan fingerprint density at radius 2 is 1.69 bits per heavy atom. The zero-order chi connectivity index (χ0) is 19.2. The normalized spacial score (nSPS) is 11.2. The summed E-state index contributed by atoms with van der Waals surface area (Å²) in [7, 11) is -3.79. The molecule has 0 amide bonds. The molecule has 2 rings (SSSR count). The molecule has 2 aromatic carbocycles. The van der Waals surface area contributed by atoms with Crippen LogP contribution in [0.15, 0.2) is 53.4 Å². The van der Waals surface area contributed by atoms with Crippen molar-refractivity contribution in [2.45, 2.75) is 31.6 Å². The summed E-state index contributed by atoms with van der Waals surface area (Å²) in [6.07, 6.45) is 0.116. The first-order valence-electron chi connectivity index (χ1n) is 8.38. The predicted molar refractivity (Wildman–Crippen MR) is 100 cm³/mol. The molecule has 0 atom stereocenters. The van der Waals surface area contributed by atoms with E-state index in [4.69, 9.17) is 9.84 Å². The van der Waals surface area contributed by atoms with Crippen LogP contribution in [0.2, 0.25) is 0 Å². The highest BCUT2D eigenvalue weighted by Crippen LogP contribution is 2.26. The fraction of sp³-hybridized carbons (Fsp3) is 0.316. The molecule has 1 N–H and O–H groups in total. The summed E-state index contributed by atoms with van der Waals surface area (Å²) < 4.78 is 32.8. The molecule has 6 nitrogen and oxygen atoms in total. The number of aryl methyl sites for hydroxylation is 1. The third-order valence-electron chi connectivity index (χ3n) is 3.80. The summed E-state index contributed by atoms with van der Waals surface area (Å²) in [5.74, 6) is -0.307. The molecule has 0 radical (unpaired) electrons. The number of sulfonamides is 1. The van der Waals surface area contributed by atoms with E-state index in [2.05, 4.69) is 0 Å². The van der Waals surface area contributed by atoms with Gasteiger partial charge in [0.1, 0.15) is 5.75 Å². The van der Waals surface area contributed by atoms with E-state index in [1.54, 1.807) is 48.5 Å². The fourth-order valence-electron chi connectivity index (χ4n) is 2.47. The number of anilines is 1. The first kappa shape index (κ1) is 19.8. The molecule has 140 valence electrons. The van der Waals surface area contributed by atoms with E-state index in [1.807, 2.05) is 13.8 Å². The quantitative estimate of drug-likeness (QED) is 0.723. The monoisotopic (exact) mass is 377 g/mol. The summed E-state index contributed by atoms with van der Waals surface area (Å²) in [5.41, 5.74) is 1.43. The van der Waals surface area contributed by atoms with Crippen LogP contribution < -0.4 is 9.04 Å². The molecule has 0 fully saturated rings. The standard InChI is InChI=1S/C19H23NO5S/c1-3-25-17-10-8-16(9-11-17)20(14-4-5-19(21)22)26(23,24)18-12-6-15(2)7-13-18/h6-13H,3-5,14H2,1-2H3,(H,21,22). The molecule has 0 unspecified atom stereocenters. The highest BCUT2D eigenvalue weighted by Gasteiger charge is 2.25. The van der Waals surface area contributed by atoms with Crippen LogP contribution >= 0.6 is 0 Å². The Morgan fingerprint density at radius 1 is 1.08 bits per heavy atom. The van der Waals surface area contributed by atoms with Gasteiger partial charge in [-0.3, -0.25) is 9.10 Å². The van der Waals surface area contributed by atoms with Crippen molar-refractivity contribution < 1.29 is 23.1 Å². The number of ether oxygens (including phenoxy) is 1. The van der Waals surface area contributed by atoms with Gasteiger partial charge in [0, 0.05) is 13.0 Å². The number of hydrogen-bond acceptors (Lipinski definition) is 4.